The van der Waals surface area contributed by atoms with Gasteiger partial charge in [-0.2, -0.15) is 0 Å². The van der Waals surface area contributed by atoms with Gasteiger partial charge in [0.05, 0.1) is 7.11 Å². The minimum Gasteiger partial charge on any atom is -0.497 e. The van der Waals surface area contributed by atoms with Gasteiger partial charge in [0.25, 0.3) is 0 Å². The Balaban J connectivity index is 2.37. The number of aliphatic hydroxyl groups excluding tert-OH is 1. The van der Waals surface area contributed by atoms with Gasteiger partial charge in [-0.1, -0.05) is 0 Å². The average molecular weight is 206 g/mol. The fourth-order valence-electron chi connectivity index (χ4n) is 2.02. The largest absolute Gasteiger partial charge is 0.497 e. The molecule has 0 heterocycles. The molecule has 0 saturated carbocycles. The lowest BCUT2D eigenvalue weighted by atomic mass is 9.83. The van der Waals surface area contributed by atoms with Crippen molar-refractivity contribution in [1.82, 2.24) is 0 Å². The Labute approximate surface area is 88.7 Å². The number of hydrogen-bond donors (Lipinski definition) is 1. The number of hydrogen-bond acceptors (Lipinski definition) is 3. The Morgan fingerprint density at radius 2 is 2.27 bits per heavy atom. The van der Waals surface area contributed by atoms with Crippen LogP contribution >= 0.6 is 0 Å². The Kier molecular flexibility index (Phi) is 2.73. The fraction of sp³-hybridized carbons (Fsp3) is 0.417. The molecule has 2 rings (SSSR count). The molecule has 3 heteroatoms. The molecular weight excluding hydrogens is 192 g/mol. The molecule has 3 nitrogen and oxygen atoms in total. The molecule has 1 atom stereocenters. The lowest BCUT2D eigenvalue weighted by molar-refractivity contribution is 0.0919. The molecule has 15 heavy (non-hydrogen) atoms. The zero-order chi connectivity index (χ0) is 10.8. The van der Waals surface area contributed by atoms with E-state index in [-0.39, 0.29) is 18.3 Å². The van der Waals surface area contributed by atoms with Gasteiger partial charge in [0, 0.05) is 18.6 Å². The van der Waals surface area contributed by atoms with Gasteiger partial charge in [-0.05, 0) is 36.1 Å². The van der Waals surface area contributed by atoms with Crippen molar-refractivity contribution < 1.29 is 14.6 Å². The predicted molar refractivity (Wildman–Crippen MR) is 56.2 cm³/mol. The summed E-state index contributed by atoms with van der Waals surface area (Å²) in [7, 11) is 1.61. The third-order valence-corrected chi connectivity index (χ3v) is 2.85. The highest BCUT2D eigenvalue weighted by Crippen LogP contribution is 2.28. The molecule has 0 unspecified atom stereocenters. The summed E-state index contributed by atoms with van der Waals surface area (Å²) in [4.78, 5) is 11.7. The molecule has 1 N–H and O–H groups in total. The zero-order valence-corrected chi connectivity index (χ0v) is 8.69. The second-order valence-electron chi connectivity index (χ2n) is 3.90. The van der Waals surface area contributed by atoms with Gasteiger partial charge in [-0.3, -0.25) is 4.79 Å². The first-order chi connectivity index (χ1) is 7.24. The highest BCUT2D eigenvalue weighted by atomic mass is 16.5. The molecule has 1 aliphatic rings. The molecule has 1 aromatic carbocycles. The Hall–Kier alpha value is -1.35. The molecule has 0 bridgehead atoms. The quantitative estimate of drug-likeness (QED) is 0.796. The lowest BCUT2D eigenvalue weighted by Crippen LogP contribution is -2.22. The second kappa shape index (κ2) is 4.03. The maximum atomic E-state index is 11.7. The fourth-order valence-corrected chi connectivity index (χ4v) is 2.02. The molecule has 0 fully saturated rings. The van der Waals surface area contributed by atoms with Gasteiger partial charge >= 0.3 is 0 Å². The first-order valence-corrected chi connectivity index (χ1v) is 5.05. The van der Waals surface area contributed by atoms with E-state index < -0.39 is 0 Å². The molecule has 0 aliphatic heterocycles. The van der Waals surface area contributed by atoms with Crippen LogP contribution in [0.1, 0.15) is 22.3 Å². The summed E-state index contributed by atoms with van der Waals surface area (Å²) in [6.45, 7) is 0.0718. The minimum atomic E-state index is 0.0668. The van der Waals surface area contributed by atoms with Crippen molar-refractivity contribution >= 4 is 5.78 Å². The maximum absolute atomic E-state index is 11.7. The van der Waals surface area contributed by atoms with Gasteiger partial charge in [0.2, 0.25) is 0 Å². The van der Waals surface area contributed by atoms with Crippen molar-refractivity contribution in [3.05, 3.63) is 29.3 Å². The number of fused-ring (bicyclic) bond motifs is 1. The van der Waals surface area contributed by atoms with E-state index in [4.69, 9.17) is 9.84 Å². The number of methoxy groups -OCH3 is 1. The van der Waals surface area contributed by atoms with E-state index in [0.29, 0.717) is 6.42 Å². The molecule has 80 valence electrons. The standard InChI is InChI=1S/C12H14O3/c1-15-10-2-3-11-9(6-10)4-8(7-13)5-12(11)14/h2-3,6,8,13H,4-5,7H2,1H3/t8-/m0/s1. The first-order valence-electron chi connectivity index (χ1n) is 5.05. The molecule has 0 aromatic heterocycles. The van der Waals surface area contributed by atoms with Crippen LogP contribution in [0.2, 0.25) is 0 Å². The topological polar surface area (TPSA) is 46.5 Å². The Bertz CT molecular complexity index is 384. The van der Waals surface area contributed by atoms with Gasteiger partial charge in [0.15, 0.2) is 5.78 Å². The predicted octanol–water partition coefficient (Wildman–Crippen LogP) is 1.43. The highest BCUT2D eigenvalue weighted by molar-refractivity contribution is 5.98. The summed E-state index contributed by atoms with van der Waals surface area (Å²) in [5, 5.41) is 9.08. The zero-order valence-electron chi connectivity index (χ0n) is 8.69. The second-order valence-corrected chi connectivity index (χ2v) is 3.90. The van der Waals surface area contributed by atoms with Crippen LogP contribution in [0, 0.1) is 5.92 Å². The number of ether oxygens (including phenoxy) is 1. The van der Waals surface area contributed by atoms with Crippen LogP contribution in [0.3, 0.4) is 0 Å². The van der Waals surface area contributed by atoms with E-state index in [9.17, 15) is 4.79 Å². The van der Waals surface area contributed by atoms with Crippen molar-refractivity contribution in [3.8, 4) is 5.75 Å². The summed E-state index contributed by atoms with van der Waals surface area (Å²) in [5.41, 5.74) is 1.77. The van der Waals surface area contributed by atoms with E-state index in [1.165, 1.54) is 0 Å². The van der Waals surface area contributed by atoms with E-state index in [2.05, 4.69) is 0 Å². The minimum absolute atomic E-state index is 0.0668. The Morgan fingerprint density at radius 3 is 2.93 bits per heavy atom. The third-order valence-electron chi connectivity index (χ3n) is 2.85. The van der Waals surface area contributed by atoms with Crippen LogP contribution in [0.5, 0.6) is 5.75 Å². The van der Waals surface area contributed by atoms with Crippen molar-refractivity contribution in [2.45, 2.75) is 12.8 Å². The maximum Gasteiger partial charge on any atom is 0.163 e. The normalized spacial score (nSPS) is 19.9. The van der Waals surface area contributed by atoms with Crippen LogP contribution in [-0.2, 0) is 6.42 Å². The van der Waals surface area contributed by atoms with Crippen LogP contribution in [0.4, 0.5) is 0 Å². The number of aliphatic hydroxyl groups is 1. The number of carbonyl (C=O) groups is 1. The number of carbonyl (C=O) groups excluding carboxylic acids is 1. The monoisotopic (exact) mass is 206 g/mol. The van der Waals surface area contributed by atoms with Gasteiger partial charge in [0.1, 0.15) is 5.75 Å². The number of Topliss-reactive ketones (excluding diaryl/α,β-unsaturated/α-hetero) is 1. The summed E-state index contributed by atoms with van der Waals surface area (Å²) < 4.78 is 5.11. The average Bonchev–Trinajstić information content (AvgIpc) is 2.28. The summed E-state index contributed by atoms with van der Waals surface area (Å²) >= 11 is 0. The third kappa shape index (κ3) is 1.88. The van der Waals surface area contributed by atoms with Crippen LogP contribution in [-0.4, -0.2) is 24.6 Å². The molecule has 0 amide bonds. The molecule has 1 aliphatic carbocycles. The summed E-state index contributed by atoms with van der Waals surface area (Å²) in [5.74, 6) is 0.954. The Morgan fingerprint density at radius 1 is 1.47 bits per heavy atom. The van der Waals surface area contributed by atoms with E-state index in [1.807, 2.05) is 12.1 Å². The van der Waals surface area contributed by atoms with Gasteiger partial charge in [-0.25, -0.2) is 0 Å². The summed E-state index contributed by atoms with van der Waals surface area (Å²) in [6, 6.07) is 5.50. The van der Waals surface area contributed by atoms with Crippen LogP contribution < -0.4 is 4.74 Å². The summed E-state index contributed by atoms with van der Waals surface area (Å²) in [6.07, 6.45) is 1.21. The van der Waals surface area contributed by atoms with Crippen molar-refractivity contribution in [2.75, 3.05) is 13.7 Å². The van der Waals surface area contributed by atoms with Gasteiger partial charge < -0.3 is 9.84 Å². The van der Waals surface area contributed by atoms with Crippen molar-refractivity contribution in [1.29, 1.82) is 0 Å². The highest BCUT2D eigenvalue weighted by Gasteiger charge is 2.24. The molecule has 0 spiro atoms. The van der Waals surface area contributed by atoms with Crippen LogP contribution in [0.15, 0.2) is 18.2 Å². The van der Waals surface area contributed by atoms with Crippen molar-refractivity contribution in [2.24, 2.45) is 5.92 Å². The number of benzene rings is 1. The van der Waals surface area contributed by atoms with Crippen molar-refractivity contribution in [3.63, 3.8) is 0 Å². The molecule has 0 saturated heterocycles. The lowest BCUT2D eigenvalue weighted by Gasteiger charge is -2.22. The molecular formula is C12H14O3. The smallest absolute Gasteiger partial charge is 0.163 e. The number of ketones is 1. The van der Waals surface area contributed by atoms with Crippen LogP contribution in [0.25, 0.3) is 0 Å². The van der Waals surface area contributed by atoms with Gasteiger partial charge in [-0.15, -0.1) is 0 Å². The molecule has 0 radical (unpaired) electrons. The van der Waals surface area contributed by atoms with E-state index in [0.717, 1.165) is 23.3 Å². The van der Waals surface area contributed by atoms with E-state index in [1.54, 1.807) is 13.2 Å². The van der Waals surface area contributed by atoms with E-state index >= 15 is 0 Å². The number of rotatable bonds is 2. The first kappa shape index (κ1) is 10.2. The molecule has 1 aromatic rings. The SMILES string of the molecule is COc1ccc2c(c1)C[C@H](CO)CC2=O.